The van der Waals surface area contributed by atoms with Gasteiger partial charge in [-0.1, -0.05) is 19.9 Å². The monoisotopic (exact) mass is 279 g/mol. The molecule has 0 aliphatic carbocycles. The maximum Gasteiger partial charge on any atom is 0.319 e. The molecule has 0 saturated heterocycles. The van der Waals surface area contributed by atoms with Gasteiger partial charge in [0.15, 0.2) is 0 Å². The van der Waals surface area contributed by atoms with Crippen molar-refractivity contribution in [1.82, 2.24) is 5.32 Å². The van der Waals surface area contributed by atoms with Crippen LogP contribution < -0.4 is 21.1 Å². The average molecular weight is 279 g/mol. The van der Waals surface area contributed by atoms with Crippen LogP contribution in [0.25, 0.3) is 0 Å². The van der Waals surface area contributed by atoms with Crippen LogP contribution in [0.4, 0.5) is 10.5 Å². The van der Waals surface area contributed by atoms with E-state index in [0.717, 1.165) is 12.8 Å². The molecule has 0 unspecified atom stereocenters. The third-order valence-electron chi connectivity index (χ3n) is 3.11. The van der Waals surface area contributed by atoms with Crippen LogP contribution in [0.2, 0.25) is 0 Å². The Morgan fingerprint density at radius 2 is 2.15 bits per heavy atom. The first-order chi connectivity index (χ1) is 9.46. The number of hydrogen-bond acceptors (Lipinski definition) is 3. The topological polar surface area (TPSA) is 76.4 Å². The molecule has 0 aliphatic heterocycles. The number of carbonyl (C=O) groups is 1. The number of nitrogens with one attached hydrogen (secondary N) is 2. The lowest BCUT2D eigenvalue weighted by Crippen LogP contribution is -2.37. The number of rotatable bonds is 7. The minimum atomic E-state index is -0.209. The number of methoxy groups -OCH3 is 1. The summed E-state index contributed by atoms with van der Waals surface area (Å²) < 4.78 is 5.11. The third-order valence-corrected chi connectivity index (χ3v) is 3.11. The molecule has 0 saturated carbocycles. The maximum absolute atomic E-state index is 11.8. The Balaban J connectivity index is 2.43. The van der Waals surface area contributed by atoms with Gasteiger partial charge in [0, 0.05) is 18.3 Å². The zero-order valence-corrected chi connectivity index (χ0v) is 12.5. The molecule has 20 heavy (non-hydrogen) atoms. The molecule has 0 heterocycles. The Hall–Kier alpha value is -1.75. The lowest BCUT2D eigenvalue weighted by atomic mass is 9.88. The van der Waals surface area contributed by atoms with Gasteiger partial charge in [-0.05, 0) is 36.9 Å². The van der Waals surface area contributed by atoms with E-state index in [1.165, 1.54) is 0 Å². The van der Waals surface area contributed by atoms with Crippen LogP contribution in [0.5, 0.6) is 5.75 Å². The van der Waals surface area contributed by atoms with Crippen molar-refractivity contribution in [3.05, 3.63) is 24.3 Å². The summed E-state index contributed by atoms with van der Waals surface area (Å²) in [5.74, 6) is 0.714. The molecule has 0 bridgehead atoms. The van der Waals surface area contributed by atoms with Gasteiger partial charge in [0.2, 0.25) is 0 Å². The normalized spacial score (nSPS) is 11.0. The number of carbonyl (C=O) groups excluding carboxylic acids is 1. The van der Waals surface area contributed by atoms with Crippen LogP contribution in [0.15, 0.2) is 24.3 Å². The number of amides is 2. The molecule has 112 valence electrons. The molecular weight excluding hydrogens is 254 g/mol. The van der Waals surface area contributed by atoms with E-state index in [-0.39, 0.29) is 11.4 Å². The first-order valence-electron chi connectivity index (χ1n) is 6.86. The molecule has 4 N–H and O–H groups in total. The van der Waals surface area contributed by atoms with Gasteiger partial charge in [-0.15, -0.1) is 0 Å². The average Bonchev–Trinajstić information content (AvgIpc) is 2.43. The van der Waals surface area contributed by atoms with Crippen LogP contribution in [-0.2, 0) is 0 Å². The van der Waals surface area contributed by atoms with Gasteiger partial charge in [0.05, 0.1) is 7.11 Å². The largest absolute Gasteiger partial charge is 0.497 e. The molecule has 1 aromatic carbocycles. The second kappa shape index (κ2) is 7.75. The summed E-state index contributed by atoms with van der Waals surface area (Å²) in [4.78, 5) is 11.8. The highest BCUT2D eigenvalue weighted by Crippen LogP contribution is 2.21. The number of ether oxygens (including phenoxy) is 1. The van der Waals surface area contributed by atoms with Crippen molar-refractivity contribution in [1.29, 1.82) is 0 Å². The zero-order valence-electron chi connectivity index (χ0n) is 12.5. The summed E-state index contributed by atoms with van der Waals surface area (Å²) >= 11 is 0. The Labute approximate surface area is 120 Å². The molecule has 0 spiro atoms. The van der Waals surface area contributed by atoms with Crippen molar-refractivity contribution >= 4 is 11.7 Å². The van der Waals surface area contributed by atoms with Crippen molar-refractivity contribution in [2.45, 2.75) is 26.7 Å². The lowest BCUT2D eigenvalue weighted by molar-refractivity contribution is 0.242. The van der Waals surface area contributed by atoms with Crippen molar-refractivity contribution < 1.29 is 9.53 Å². The Morgan fingerprint density at radius 3 is 2.80 bits per heavy atom. The van der Waals surface area contributed by atoms with Gasteiger partial charge >= 0.3 is 6.03 Å². The molecule has 1 rings (SSSR count). The fraction of sp³-hybridized carbons (Fsp3) is 0.533. The van der Waals surface area contributed by atoms with E-state index in [1.807, 2.05) is 18.2 Å². The minimum absolute atomic E-state index is 0.0467. The maximum atomic E-state index is 11.8. The van der Waals surface area contributed by atoms with Crippen LogP contribution in [-0.4, -0.2) is 26.2 Å². The van der Waals surface area contributed by atoms with Gasteiger partial charge in [-0.25, -0.2) is 4.79 Å². The van der Waals surface area contributed by atoms with Gasteiger partial charge in [-0.2, -0.15) is 0 Å². The predicted octanol–water partition coefficient (Wildman–Crippen LogP) is 2.58. The lowest BCUT2D eigenvalue weighted by Gasteiger charge is -2.24. The fourth-order valence-electron chi connectivity index (χ4n) is 1.86. The molecule has 0 aromatic heterocycles. The molecule has 2 amide bonds. The van der Waals surface area contributed by atoms with Crippen molar-refractivity contribution in [3.8, 4) is 5.75 Å². The molecule has 5 nitrogen and oxygen atoms in total. The van der Waals surface area contributed by atoms with E-state index >= 15 is 0 Å². The zero-order chi connectivity index (χ0) is 15.0. The van der Waals surface area contributed by atoms with E-state index in [0.29, 0.717) is 24.5 Å². The Bertz CT molecular complexity index is 433. The van der Waals surface area contributed by atoms with E-state index in [9.17, 15) is 4.79 Å². The van der Waals surface area contributed by atoms with Crippen molar-refractivity contribution in [2.24, 2.45) is 11.1 Å². The van der Waals surface area contributed by atoms with Gasteiger partial charge in [0.25, 0.3) is 0 Å². The van der Waals surface area contributed by atoms with Crippen LogP contribution in [0.3, 0.4) is 0 Å². The van der Waals surface area contributed by atoms with Crippen LogP contribution >= 0.6 is 0 Å². The molecule has 0 aliphatic rings. The van der Waals surface area contributed by atoms with E-state index in [1.54, 1.807) is 13.2 Å². The predicted molar refractivity (Wildman–Crippen MR) is 82.1 cm³/mol. The number of nitrogens with two attached hydrogens (primary N) is 1. The standard InChI is InChI=1S/C15H25N3O2/c1-15(2,8-5-9-16)11-17-14(19)18-12-6-4-7-13(10-12)20-3/h4,6-7,10H,5,8-9,11,16H2,1-3H3,(H2,17,18,19). The fourth-order valence-corrected chi connectivity index (χ4v) is 1.86. The summed E-state index contributed by atoms with van der Waals surface area (Å²) in [6, 6.07) is 7.05. The highest BCUT2D eigenvalue weighted by molar-refractivity contribution is 5.89. The number of benzene rings is 1. The second-order valence-electron chi connectivity index (χ2n) is 5.60. The molecular formula is C15H25N3O2. The van der Waals surface area contributed by atoms with Gasteiger partial charge < -0.3 is 21.1 Å². The number of urea groups is 1. The van der Waals surface area contributed by atoms with E-state index in [2.05, 4.69) is 24.5 Å². The van der Waals surface area contributed by atoms with Crippen molar-refractivity contribution in [3.63, 3.8) is 0 Å². The summed E-state index contributed by atoms with van der Waals surface area (Å²) in [6.45, 7) is 5.53. The number of anilines is 1. The van der Waals surface area contributed by atoms with Gasteiger partial charge in [0.1, 0.15) is 5.75 Å². The summed E-state index contributed by atoms with van der Waals surface area (Å²) in [5.41, 5.74) is 6.27. The molecule has 0 fully saturated rings. The summed E-state index contributed by atoms with van der Waals surface area (Å²) in [7, 11) is 1.60. The highest BCUT2D eigenvalue weighted by atomic mass is 16.5. The number of hydrogen-bond donors (Lipinski definition) is 3. The molecule has 0 atom stereocenters. The van der Waals surface area contributed by atoms with Crippen LogP contribution in [0.1, 0.15) is 26.7 Å². The Kier molecular flexibility index (Phi) is 6.31. The molecule has 5 heteroatoms. The van der Waals surface area contributed by atoms with Crippen molar-refractivity contribution in [2.75, 3.05) is 25.5 Å². The summed E-state index contributed by atoms with van der Waals surface area (Å²) in [6.07, 6.45) is 1.95. The third kappa shape index (κ3) is 5.93. The molecule has 0 radical (unpaired) electrons. The van der Waals surface area contributed by atoms with Crippen LogP contribution in [0, 0.1) is 5.41 Å². The van der Waals surface area contributed by atoms with E-state index < -0.39 is 0 Å². The minimum Gasteiger partial charge on any atom is -0.497 e. The smallest absolute Gasteiger partial charge is 0.319 e. The summed E-state index contributed by atoms with van der Waals surface area (Å²) in [5, 5.41) is 5.68. The molecule has 1 aromatic rings. The highest BCUT2D eigenvalue weighted by Gasteiger charge is 2.18. The van der Waals surface area contributed by atoms with Gasteiger partial charge in [-0.3, -0.25) is 0 Å². The quantitative estimate of drug-likeness (QED) is 0.718. The second-order valence-corrected chi connectivity index (χ2v) is 5.60. The first kappa shape index (κ1) is 16.3. The first-order valence-corrected chi connectivity index (χ1v) is 6.86. The Morgan fingerprint density at radius 1 is 1.40 bits per heavy atom. The SMILES string of the molecule is COc1cccc(NC(=O)NCC(C)(C)CCCN)c1. The van der Waals surface area contributed by atoms with E-state index in [4.69, 9.17) is 10.5 Å².